The van der Waals surface area contributed by atoms with Gasteiger partial charge in [0.2, 0.25) is 0 Å². The number of ether oxygens (including phenoxy) is 1. The van der Waals surface area contributed by atoms with Gasteiger partial charge in [0.25, 0.3) is 0 Å². The maximum Gasteiger partial charge on any atom is 0.124 e. The van der Waals surface area contributed by atoms with E-state index in [1.54, 1.807) is 18.4 Å². The monoisotopic (exact) mass is 357 g/mol. The maximum absolute atomic E-state index is 5.30. The van der Waals surface area contributed by atoms with E-state index in [0.717, 1.165) is 33.1 Å². The molecule has 1 heterocycles. The molecular weight excluding hydrogens is 338 g/mol. The molecule has 0 amide bonds. The smallest absolute Gasteiger partial charge is 0.124 e. The molecule has 4 aromatic rings. The van der Waals surface area contributed by atoms with Gasteiger partial charge < -0.3 is 4.74 Å². The highest BCUT2D eigenvalue weighted by Crippen LogP contribution is 2.41. The Bertz CT molecular complexity index is 1020. The lowest BCUT2D eigenvalue weighted by Crippen LogP contribution is -1.84. The fraction of sp³-hybridized carbons (Fsp3) is 0.0870. The number of methoxy groups -OCH3 is 1. The summed E-state index contributed by atoms with van der Waals surface area (Å²) < 4.78 is 5.30. The number of thiazole rings is 1. The zero-order valence-corrected chi connectivity index (χ0v) is 15.6. The molecule has 3 aromatic carbocycles. The molecule has 0 aliphatic heterocycles. The lowest BCUT2D eigenvalue weighted by Gasteiger charge is -2.04. The van der Waals surface area contributed by atoms with Gasteiger partial charge in [-0.05, 0) is 42.8 Å². The van der Waals surface area contributed by atoms with Crippen LogP contribution in [-0.4, -0.2) is 12.1 Å². The Hall–Kier alpha value is -2.91. The molecule has 0 fully saturated rings. The molecule has 0 aliphatic carbocycles. The summed E-state index contributed by atoms with van der Waals surface area (Å²) in [4.78, 5) is 6.17. The Kier molecular flexibility index (Phi) is 4.55. The molecule has 1 aromatic heterocycles. The number of aryl methyl sites for hydroxylation is 1. The molecule has 2 nitrogen and oxygen atoms in total. The molecule has 4 rings (SSSR count). The summed E-state index contributed by atoms with van der Waals surface area (Å²) in [6, 6.07) is 27.1. The van der Waals surface area contributed by atoms with Crippen LogP contribution in [-0.2, 0) is 0 Å². The lowest BCUT2D eigenvalue weighted by molar-refractivity contribution is 0.415. The van der Waals surface area contributed by atoms with E-state index in [1.807, 2.05) is 18.2 Å². The number of nitrogens with zero attached hydrogens (tertiary/aromatic N) is 1. The van der Waals surface area contributed by atoms with E-state index in [2.05, 4.69) is 67.6 Å². The van der Waals surface area contributed by atoms with Crippen LogP contribution in [0.1, 0.15) is 5.56 Å². The van der Waals surface area contributed by atoms with E-state index in [0.29, 0.717) is 0 Å². The fourth-order valence-corrected chi connectivity index (χ4v) is 4.04. The van der Waals surface area contributed by atoms with Gasteiger partial charge >= 0.3 is 0 Å². The van der Waals surface area contributed by atoms with Crippen molar-refractivity contribution >= 4 is 11.3 Å². The van der Waals surface area contributed by atoms with Gasteiger partial charge in [-0.1, -0.05) is 54.1 Å². The summed E-state index contributed by atoms with van der Waals surface area (Å²) in [5.74, 6) is 0.860. The first-order valence-electron chi connectivity index (χ1n) is 8.52. The first-order valence-corrected chi connectivity index (χ1v) is 9.34. The molecule has 0 saturated carbocycles. The second kappa shape index (κ2) is 7.14. The molecule has 0 radical (unpaired) electrons. The van der Waals surface area contributed by atoms with E-state index in [-0.39, 0.29) is 0 Å². The van der Waals surface area contributed by atoms with Crippen molar-refractivity contribution in [3.05, 3.63) is 84.4 Å². The highest BCUT2D eigenvalue weighted by Gasteiger charge is 2.16. The molecule has 0 unspecified atom stereocenters. The standard InChI is InChI=1S/C23H19NOS/c1-16-7-6-10-19(15-16)23-24-21(17-8-4-3-5-9-17)22(26-23)18-11-13-20(25-2)14-12-18/h3-15H,1-2H3. The molecule has 128 valence electrons. The van der Waals surface area contributed by atoms with Crippen molar-refractivity contribution in [1.82, 2.24) is 4.98 Å². The Morgan fingerprint density at radius 1 is 0.769 bits per heavy atom. The van der Waals surface area contributed by atoms with E-state index in [1.165, 1.54) is 10.4 Å². The third-order valence-electron chi connectivity index (χ3n) is 4.29. The van der Waals surface area contributed by atoms with E-state index >= 15 is 0 Å². The van der Waals surface area contributed by atoms with Gasteiger partial charge in [-0.2, -0.15) is 0 Å². The highest BCUT2D eigenvalue weighted by atomic mass is 32.1. The van der Waals surface area contributed by atoms with Crippen molar-refractivity contribution < 1.29 is 4.74 Å². The third-order valence-corrected chi connectivity index (χ3v) is 5.45. The van der Waals surface area contributed by atoms with Crippen LogP contribution in [0.5, 0.6) is 5.75 Å². The first kappa shape index (κ1) is 16.6. The summed E-state index contributed by atoms with van der Waals surface area (Å²) in [6.07, 6.45) is 0. The number of aromatic nitrogens is 1. The van der Waals surface area contributed by atoms with Crippen molar-refractivity contribution in [1.29, 1.82) is 0 Å². The van der Waals surface area contributed by atoms with Crippen LogP contribution in [0.15, 0.2) is 78.9 Å². The SMILES string of the molecule is COc1ccc(-c2sc(-c3cccc(C)c3)nc2-c2ccccc2)cc1. The minimum atomic E-state index is 0.860. The molecule has 0 N–H and O–H groups in total. The quantitative estimate of drug-likeness (QED) is 0.418. The van der Waals surface area contributed by atoms with E-state index in [9.17, 15) is 0 Å². The third kappa shape index (κ3) is 3.26. The van der Waals surface area contributed by atoms with Crippen molar-refractivity contribution in [2.24, 2.45) is 0 Å². The minimum Gasteiger partial charge on any atom is -0.497 e. The molecule has 0 aliphatic rings. The number of benzene rings is 3. The van der Waals surface area contributed by atoms with Crippen LogP contribution in [0.2, 0.25) is 0 Å². The predicted molar refractivity (Wildman–Crippen MR) is 110 cm³/mol. The van der Waals surface area contributed by atoms with Crippen LogP contribution < -0.4 is 4.74 Å². The molecular formula is C23H19NOS. The molecule has 26 heavy (non-hydrogen) atoms. The molecule has 0 saturated heterocycles. The van der Waals surface area contributed by atoms with Crippen LogP contribution in [0.4, 0.5) is 0 Å². The second-order valence-corrected chi connectivity index (χ2v) is 7.16. The zero-order valence-electron chi connectivity index (χ0n) is 14.8. The van der Waals surface area contributed by atoms with Crippen LogP contribution in [0, 0.1) is 6.92 Å². The van der Waals surface area contributed by atoms with Gasteiger partial charge in [0.05, 0.1) is 17.7 Å². The predicted octanol–water partition coefficient (Wildman–Crippen LogP) is 6.46. The molecule has 3 heteroatoms. The average Bonchev–Trinajstić information content (AvgIpc) is 3.14. The molecule has 0 bridgehead atoms. The number of rotatable bonds is 4. The van der Waals surface area contributed by atoms with Crippen molar-refractivity contribution in [2.45, 2.75) is 6.92 Å². The van der Waals surface area contributed by atoms with Crippen molar-refractivity contribution in [3.63, 3.8) is 0 Å². The molecule has 0 atom stereocenters. The van der Waals surface area contributed by atoms with Gasteiger partial charge in [0, 0.05) is 11.1 Å². The first-order chi connectivity index (χ1) is 12.7. The Balaban J connectivity index is 1.88. The van der Waals surface area contributed by atoms with Crippen LogP contribution in [0.3, 0.4) is 0 Å². The second-order valence-electron chi connectivity index (χ2n) is 6.16. The van der Waals surface area contributed by atoms with Gasteiger partial charge in [-0.3, -0.25) is 0 Å². The van der Waals surface area contributed by atoms with Crippen LogP contribution in [0.25, 0.3) is 32.3 Å². The normalized spacial score (nSPS) is 10.7. The van der Waals surface area contributed by atoms with Crippen molar-refractivity contribution in [2.75, 3.05) is 7.11 Å². The van der Waals surface area contributed by atoms with Gasteiger partial charge in [-0.25, -0.2) is 4.98 Å². The van der Waals surface area contributed by atoms with Crippen LogP contribution >= 0.6 is 11.3 Å². The summed E-state index contributed by atoms with van der Waals surface area (Å²) >= 11 is 1.73. The Morgan fingerprint density at radius 2 is 1.50 bits per heavy atom. The summed E-state index contributed by atoms with van der Waals surface area (Å²) in [5.41, 5.74) is 5.71. The Morgan fingerprint density at radius 3 is 2.19 bits per heavy atom. The maximum atomic E-state index is 5.30. The van der Waals surface area contributed by atoms with E-state index in [4.69, 9.17) is 9.72 Å². The van der Waals surface area contributed by atoms with Gasteiger partial charge in [0.1, 0.15) is 10.8 Å². The average molecular weight is 357 g/mol. The topological polar surface area (TPSA) is 22.1 Å². The largest absolute Gasteiger partial charge is 0.497 e. The number of hydrogen-bond donors (Lipinski definition) is 0. The summed E-state index contributed by atoms with van der Waals surface area (Å²) in [7, 11) is 1.69. The molecule has 0 spiro atoms. The lowest BCUT2D eigenvalue weighted by atomic mass is 10.1. The van der Waals surface area contributed by atoms with E-state index < -0.39 is 0 Å². The number of hydrogen-bond acceptors (Lipinski definition) is 3. The fourth-order valence-electron chi connectivity index (χ4n) is 2.95. The van der Waals surface area contributed by atoms with Crippen molar-refractivity contribution in [3.8, 4) is 38.0 Å². The summed E-state index contributed by atoms with van der Waals surface area (Å²) in [6.45, 7) is 2.11. The van der Waals surface area contributed by atoms with Gasteiger partial charge in [0.15, 0.2) is 0 Å². The zero-order chi connectivity index (χ0) is 17.9. The minimum absolute atomic E-state index is 0.860. The summed E-state index contributed by atoms with van der Waals surface area (Å²) in [5, 5.41) is 1.04. The van der Waals surface area contributed by atoms with Gasteiger partial charge in [-0.15, -0.1) is 11.3 Å². The Labute approximate surface area is 157 Å². The highest BCUT2D eigenvalue weighted by molar-refractivity contribution is 7.19.